The second-order valence-electron chi connectivity index (χ2n) is 3.92. The van der Waals surface area contributed by atoms with Crippen LogP contribution in [0.2, 0.25) is 0 Å². The zero-order valence-corrected chi connectivity index (χ0v) is 9.71. The Balaban J connectivity index is 2.59. The summed E-state index contributed by atoms with van der Waals surface area (Å²) in [5.41, 5.74) is -2.49. The third-order valence-corrected chi connectivity index (χ3v) is 2.47. The monoisotopic (exact) mass is 290 g/mol. The average Bonchev–Trinajstić information content (AvgIpc) is 2.37. The van der Waals surface area contributed by atoms with Crippen LogP contribution in [0.3, 0.4) is 0 Å². The highest BCUT2D eigenvalue weighted by molar-refractivity contribution is 5.54. The number of halogens is 5. The fourth-order valence-corrected chi connectivity index (χ4v) is 1.50. The molecule has 0 unspecified atom stereocenters. The minimum Gasteiger partial charge on any atom is -0.307 e. The predicted molar refractivity (Wildman–Crippen MR) is 60.2 cm³/mol. The van der Waals surface area contributed by atoms with Crippen molar-refractivity contribution >= 4 is 0 Å². The van der Waals surface area contributed by atoms with E-state index in [1.165, 1.54) is 24.3 Å². The van der Waals surface area contributed by atoms with Gasteiger partial charge >= 0.3 is 12.1 Å². The van der Waals surface area contributed by atoms with Crippen LogP contribution < -0.4 is 5.56 Å². The molecule has 0 bridgehead atoms. The van der Waals surface area contributed by atoms with E-state index in [0.29, 0.717) is 0 Å². The minimum atomic E-state index is -5.82. The molecule has 8 heteroatoms. The van der Waals surface area contributed by atoms with Crippen molar-refractivity contribution in [1.82, 2.24) is 9.97 Å². The van der Waals surface area contributed by atoms with E-state index in [1.807, 2.05) is 0 Å². The molecule has 0 saturated carbocycles. The van der Waals surface area contributed by atoms with Crippen molar-refractivity contribution in [3.8, 4) is 11.4 Å². The van der Waals surface area contributed by atoms with Crippen LogP contribution >= 0.6 is 0 Å². The second-order valence-corrected chi connectivity index (χ2v) is 3.92. The molecule has 0 atom stereocenters. The Morgan fingerprint density at radius 2 is 1.60 bits per heavy atom. The van der Waals surface area contributed by atoms with E-state index in [1.54, 1.807) is 6.07 Å². The number of aromatic amines is 1. The Kier molecular flexibility index (Phi) is 3.33. The minimum absolute atomic E-state index is 0.139. The first-order valence-electron chi connectivity index (χ1n) is 5.33. The molecule has 0 aliphatic heterocycles. The largest absolute Gasteiger partial charge is 0.459 e. The zero-order valence-electron chi connectivity index (χ0n) is 9.71. The average molecular weight is 290 g/mol. The number of H-pyrrole nitrogens is 1. The van der Waals surface area contributed by atoms with Gasteiger partial charge in [-0.15, -0.1) is 0 Å². The van der Waals surface area contributed by atoms with Crippen LogP contribution in [0.25, 0.3) is 11.4 Å². The quantitative estimate of drug-likeness (QED) is 0.864. The van der Waals surface area contributed by atoms with E-state index in [9.17, 15) is 26.7 Å². The fraction of sp³-hybridized carbons (Fsp3) is 0.167. The molecule has 0 fully saturated rings. The topological polar surface area (TPSA) is 45.8 Å². The van der Waals surface area contributed by atoms with Crippen molar-refractivity contribution in [3.63, 3.8) is 0 Å². The number of rotatable bonds is 2. The van der Waals surface area contributed by atoms with Gasteiger partial charge in [0.2, 0.25) is 0 Å². The first kappa shape index (κ1) is 14.2. The first-order valence-corrected chi connectivity index (χ1v) is 5.33. The summed E-state index contributed by atoms with van der Waals surface area (Å²) in [5, 5.41) is 0. The molecule has 1 aromatic carbocycles. The third-order valence-electron chi connectivity index (χ3n) is 2.47. The van der Waals surface area contributed by atoms with Gasteiger partial charge in [0.25, 0.3) is 5.56 Å². The molecule has 1 aromatic heterocycles. The van der Waals surface area contributed by atoms with Gasteiger partial charge in [-0.05, 0) is 0 Å². The molecule has 1 heterocycles. The first-order chi connectivity index (χ1) is 9.22. The summed E-state index contributed by atoms with van der Waals surface area (Å²) in [6, 6.07) is 7.67. The molecule has 0 aliphatic carbocycles. The van der Waals surface area contributed by atoms with Gasteiger partial charge in [-0.25, -0.2) is 4.98 Å². The summed E-state index contributed by atoms with van der Waals surface area (Å²) in [7, 11) is 0. The maximum absolute atomic E-state index is 13.2. The van der Waals surface area contributed by atoms with Crippen molar-refractivity contribution < 1.29 is 22.0 Å². The lowest BCUT2D eigenvalue weighted by molar-refractivity contribution is -0.291. The maximum atomic E-state index is 13.2. The molecule has 3 nitrogen and oxygen atoms in total. The lowest BCUT2D eigenvalue weighted by Gasteiger charge is -2.19. The number of nitrogens with zero attached hydrogens (tertiary/aromatic N) is 1. The van der Waals surface area contributed by atoms with Crippen LogP contribution in [0, 0.1) is 0 Å². The molecule has 1 N–H and O–H groups in total. The molecule has 20 heavy (non-hydrogen) atoms. The van der Waals surface area contributed by atoms with Crippen molar-refractivity contribution in [2.24, 2.45) is 0 Å². The normalized spacial score (nSPS) is 12.4. The smallest absolute Gasteiger partial charge is 0.307 e. The lowest BCUT2D eigenvalue weighted by atomic mass is 10.2. The van der Waals surface area contributed by atoms with Gasteiger partial charge in [0.05, 0.1) is 0 Å². The molecule has 0 spiro atoms. The summed E-state index contributed by atoms with van der Waals surface area (Å²) in [5.74, 6) is -5.54. The van der Waals surface area contributed by atoms with Crippen molar-refractivity contribution in [3.05, 3.63) is 52.4 Å². The molecule has 0 amide bonds. The number of hydrogen-bond donors (Lipinski definition) is 1. The number of benzene rings is 1. The summed E-state index contributed by atoms with van der Waals surface area (Å²) in [4.78, 5) is 16.6. The van der Waals surface area contributed by atoms with Crippen molar-refractivity contribution in [2.75, 3.05) is 0 Å². The van der Waals surface area contributed by atoms with Crippen LogP contribution in [-0.4, -0.2) is 16.1 Å². The second kappa shape index (κ2) is 4.69. The Bertz CT molecular complexity index is 664. The summed E-state index contributed by atoms with van der Waals surface area (Å²) < 4.78 is 63.2. The van der Waals surface area contributed by atoms with Gasteiger partial charge < -0.3 is 4.98 Å². The van der Waals surface area contributed by atoms with Crippen LogP contribution in [0.5, 0.6) is 0 Å². The highest BCUT2D eigenvalue weighted by Crippen LogP contribution is 2.42. The Hall–Kier alpha value is -2.25. The molecule has 2 rings (SSSR count). The lowest BCUT2D eigenvalue weighted by Crippen LogP contribution is -2.35. The third kappa shape index (κ3) is 2.54. The van der Waals surface area contributed by atoms with E-state index in [4.69, 9.17) is 0 Å². The summed E-state index contributed by atoms with van der Waals surface area (Å²) in [6.45, 7) is 0. The number of hydrogen-bond acceptors (Lipinski definition) is 2. The van der Waals surface area contributed by atoms with Crippen LogP contribution in [0.1, 0.15) is 5.69 Å². The fourth-order valence-electron chi connectivity index (χ4n) is 1.50. The van der Waals surface area contributed by atoms with Crippen LogP contribution in [0.4, 0.5) is 22.0 Å². The van der Waals surface area contributed by atoms with E-state index in [-0.39, 0.29) is 17.5 Å². The Morgan fingerprint density at radius 1 is 1.00 bits per heavy atom. The van der Waals surface area contributed by atoms with E-state index < -0.39 is 23.4 Å². The molecular weight excluding hydrogens is 283 g/mol. The molecule has 0 aliphatic rings. The Labute approximate surface area is 109 Å². The van der Waals surface area contributed by atoms with E-state index >= 15 is 0 Å². The van der Waals surface area contributed by atoms with Crippen LogP contribution in [0.15, 0.2) is 41.2 Å². The molecule has 0 saturated heterocycles. The van der Waals surface area contributed by atoms with Crippen molar-refractivity contribution in [1.29, 1.82) is 0 Å². The molecule has 2 aromatic rings. The number of aromatic nitrogens is 2. The summed E-state index contributed by atoms with van der Waals surface area (Å²) >= 11 is 0. The van der Waals surface area contributed by atoms with Gasteiger partial charge in [0.1, 0.15) is 11.5 Å². The Morgan fingerprint density at radius 3 is 2.15 bits per heavy atom. The highest BCUT2D eigenvalue weighted by Gasteiger charge is 2.60. The van der Waals surface area contributed by atoms with Gasteiger partial charge in [0.15, 0.2) is 0 Å². The number of nitrogens with one attached hydrogen (secondary N) is 1. The molecule has 106 valence electrons. The molecular formula is C12H7F5N2O. The van der Waals surface area contributed by atoms with Gasteiger partial charge in [-0.1, -0.05) is 30.3 Å². The van der Waals surface area contributed by atoms with Crippen LogP contribution in [-0.2, 0) is 5.92 Å². The maximum Gasteiger partial charge on any atom is 0.459 e. The zero-order chi connectivity index (χ0) is 15.0. The highest BCUT2D eigenvalue weighted by atomic mass is 19.4. The predicted octanol–water partition coefficient (Wildman–Crippen LogP) is 3.09. The van der Waals surface area contributed by atoms with E-state index in [0.717, 1.165) is 0 Å². The van der Waals surface area contributed by atoms with E-state index in [2.05, 4.69) is 9.97 Å². The van der Waals surface area contributed by atoms with Gasteiger partial charge in [-0.3, -0.25) is 4.79 Å². The van der Waals surface area contributed by atoms with Crippen molar-refractivity contribution in [2.45, 2.75) is 12.1 Å². The van der Waals surface area contributed by atoms with Gasteiger partial charge in [-0.2, -0.15) is 22.0 Å². The molecule has 0 radical (unpaired) electrons. The SMILES string of the molecule is O=c1cc(C(F)(F)C(F)(F)F)nc(-c2ccccc2)[nH]1. The standard InChI is InChI=1S/C12H7F5N2O/c13-11(14,12(15,16)17)8-6-9(20)19-10(18-8)7-4-2-1-3-5-7/h1-6H,(H,18,19,20). The summed E-state index contributed by atoms with van der Waals surface area (Å²) in [6.07, 6.45) is -5.82. The number of alkyl halides is 5. The van der Waals surface area contributed by atoms with Gasteiger partial charge in [0, 0.05) is 11.6 Å².